The van der Waals surface area contributed by atoms with Crippen molar-refractivity contribution in [1.82, 2.24) is 14.9 Å². The minimum Gasteiger partial charge on any atom is -0.478 e. The molecule has 3 heterocycles. The molecule has 0 radical (unpaired) electrons. The fraction of sp³-hybridized carbons (Fsp3) is 0.207. The maximum Gasteiger partial charge on any atom is 0.335 e. The van der Waals surface area contributed by atoms with Gasteiger partial charge in [0.05, 0.1) is 23.3 Å². The van der Waals surface area contributed by atoms with Crippen molar-refractivity contribution in [1.29, 1.82) is 0 Å². The average Bonchev–Trinajstić information content (AvgIpc) is 3.35. The molecule has 1 saturated heterocycles. The van der Waals surface area contributed by atoms with E-state index in [1.165, 1.54) is 0 Å². The number of carboxylic acid groups (broad SMARTS) is 1. The molecule has 2 atom stereocenters. The van der Waals surface area contributed by atoms with Crippen molar-refractivity contribution < 1.29 is 9.90 Å². The number of aromatic nitrogens is 2. The molecule has 182 valence electrons. The minimum absolute atomic E-state index is 0.142. The number of aryl methyl sites for hydroxylation is 3. The molecule has 1 aliphatic rings. The van der Waals surface area contributed by atoms with E-state index in [0.717, 1.165) is 45.1 Å². The highest BCUT2D eigenvalue weighted by atomic mass is 32.1. The Balaban J connectivity index is 1.70. The molecule has 0 bridgehead atoms. The second-order valence-electron chi connectivity index (χ2n) is 9.30. The Bertz CT molecular complexity index is 1480. The number of thiocarbonyl (C=S) groups is 1. The number of hydrogen-bond acceptors (Lipinski definition) is 3. The number of rotatable bonds is 5. The van der Waals surface area contributed by atoms with Gasteiger partial charge in [-0.1, -0.05) is 24.3 Å². The molecule has 1 aliphatic heterocycles. The number of carbonyl (C=O) groups is 1. The van der Waals surface area contributed by atoms with Gasteiger partial charge in [-0.2, -0.15) is 0 Å². The maximum absolute atomic E-state index is 11.7. The Morgan fingerprint density at radius 3 is 2.50 bits per heavy atom. The second-order valence-corrected chi connectivity index (χ2v) is 9.69. The van der Waals surface area contributed by atoms with E-state index in [-0.39, 0.29) is 17.6 Å². The first kappa shape index (κ1) is 23.8. The van der Waals surface area contributed by atoms with Gasteiger partial charge in [-0.3, -0.25) is 4.98 Å². The highest BCUT2D eigenvalue weighted by molar-refractivity contribution is 7.80. The Labute approximate surface area is 216 Å². The summed E-state index contributed by atoms with van der Waals surface area (Å²) < 4.78 is 2.14. The number of benzene rings is 2. The van der Waals surface area contributed by atoms with Crippen molar-refractivity contribution in [3.8, 4) is 5.69 Å². The van der Waals surface area contributed by atoms with Crippen LogP contribution in [-0.4, -0.2) is 25.7 Å². The smallest absolute Gasteiger partial charge is 0.335 e. The van der Waals surface area contributed by atoms with Crippen molar-refractivity contribution >= 4 is 29.0 Å². The lowest BCUT2D eigenvalue weighted by Crippen LogP contribution is -2.29. The number of pyridine rings is 1. The zero-order chi connectivity index (χ0) is 25.6. The van der Waals surface area contributed by atoms with E-state index < -0.39 is 5.97 Å². The van der Waals surface area contributed by atoms with Gasteiger partial charge in [0.2, 0.25) is 0 Å². The molecule has 36 heavy (non-hydrogen) atoms. The summed E-state index contributed by atoms with van der Waals surface area (Å²) in [4.78, 5) is 18.5. The van der Waals surface area contributed by atoms with Crippen LogP contribution in [0.1, 0.15) is 56.2 Å². The molecule has 0 amide bonds. The number of nitrogens with one attached hydrogen (secondary N) is 1. The van der Waals surface area contributed by atoms with Crippen LogP contribution >= 0.6 is 12.2 Å². The van der Waals surface area contributed by atoms with Crippen LogP contribution in [0, 0.1) is 27.7 Å². The van der Waals surface area contributed by atoms with Crippen LogP contribution in [0.3, 0.4) is 0 Å². The predicted molar refractivity (Wildman–Crippen MR) is 146 cm³/mol. The molecule has 2 aromatic heterocycles. The quantitative estimate of drug-likeness (QED) is 0.331. The first-order valence-corrected chi connectivity index (χ1v) is 12.3. The molecule has 1 fully saturated rings. The molecule has 2 aromatic carbocycles. The van der Waals surface area contributed by atoms with Crippen LogP contribution in [0.2, 0.25) is 0 Å². The normalized spacial score (nSPS) is 17.3. The van der Waals surface area contributed by atoms with E-state index in [4.69, 9.17) is 12.2 Å². The molecular formula is C29H28N4O2S. The summed E-state index contributed by atoms with van der Waals surface area (Å²) in [6.45, 7) is 8.21. The van der Waals surface area contributed by atoms with Gasteiger partial charge in [0.25, 0.3) is 0 Å². The largest absolute Gasteiger partial charge is 0.478 e. The molecule has 0 spiro atoms. The fourth-order valence-electron chi connectivity index (χ4n) is 5.17. The average molecular weight is 497 g/mol. The summed E-state index contributed by atoms with van der Waals surface area (Å²) in [5.74, 6) is -0.940. The Morgan fingerprint density at radius 2 is 1.81 bits per heavy atom. The van der Waals surface area contributed by atoms with Crippen molar-refractivity contribution in [3.63, 3.8) is 0 Å². The monoisotopic (exact) mass is 496 g/mol. The zero-order valence-electron chi connectivity index (χ0n) is 20.7. The minimum atomic E-state index is -0.940. The van der Waals surface area contributed by atoms with E-state index >= 15 is 0 Å². The molecule has 0 aliphatic carbocycles. The molecule has 7 heteroatoms. The first-order valence-electron chi connectivity index (χ1n) is 11.9. The second kappa shape index (κ2) is 9.24. The van der Waals surface area contributed by atoms with Crippen molar-refractivity contribution in [2.75, 3.05) is 4.90 Å². The molecule has 6 nitrogen and oxygen atoms in total. The van der Waals surface area contributed by atoms with E-state index in [1.807, 2.05) is 37.3 Å². The van der Waals surface area contributed by atoms with Gasteiger partial charge in [0.1, 0.15) is 0 Å². The lowest BCUT2D eigenvalue weighted by molar-refractivity contribution is 0.0697. The third kappa shape index (κ3) is 4.05. The van der Waals surface area contributed by atoms with Crippen LogP contribution in [0.4, 0.5) is 5.69 Å². The molecule has 2 N–H and O–H groups in total. The fourth-order valence-corrected chi connectivity index (χ4v) is 5.51. The van der Waals surface area contributed by atoms with Crippen LogP contribution in [0.15, 0.2) is 72.9 Å². The van der Waals surface area contributed by atoms with Gasteiger partial charge in [0, 0.05) is 29.0 Å². The van der Waals surface area contributed by atoms with Gasteiger partial charge < -0.3 is 19.9 Å². The number of nitrogens with zero attached hydrogens (tertiary/aromatic N) is 3. The number of carboxylic acids is 1. The predicted octanol–water partition coefficient (Wildman–Crippen LogP) is 5.98. The third-order valence-electron chi connectivity index (χ3n) is 6.86. The Hall–Kier alpha value is -3.97. The van der Waals surface area contributed by atoms with Crippen LogP contribution in [-0.2, 0) is 0 Å². The summed E-state index contributed by atoms with van der Waals surface area (Å²) in [5, 5.41) is 13.8. The van der Waals surface area contributed by atoms with Crippen molar-refractivity contribution in [2.45, 2.75) is 39.8 Å². The molecular weight excluding hydrogens is 468 g/mol. The lowest BCUT2D eigenvalue weighted by atomic mass is 9.96. The highest BCUT2D eigenvalue weighted by Gasteiger charge is 2.42. The van der Waals surface area contributed by atoms with Gasteiger partial charge in [-0.05, 0) is 99.1 Å². The number of anilines is 1. The maximum atomic E-state index is 11.7. The SMILES string of the molecule is Cc1cccc(N2C(=S)NC(c3ccccn3)C2c2cc(C)n(-c3cc(C(=O)O)ccc3C)c2C)c1. The highest BCUT2D eigenvalue weighted by Crippen LogP contribution is 2.44. The standard InChI is InChI=1S/C29H28N4O2S/c1-17-8-7-9-22(14-17)33-27(26(31-29(33)36)24-10-5-6-13-30-24)23-15-19(3)32(20(23)4)25-16-21(28(34)35)12-11-18(25)2/h5-16,26-27H,1-4H3,(H,31,36)(H,34,35). The summed E-state index contributed by atoms with van der Waals surface area (Å²) in [6.07, 6.45) is 1.80. The van der Waals surface area contributed by atoms with Crippen LogP contribution in [0.5, 0.6) is 0 Å². The summed E-state index contributed by atoms with van der Waals surface area (Å²) in [6, 6.07) is 21.4. The van der Waals surface area contributed by atoms with Gasteiger partial charge >= 0.3 is 5.97 Å². The van der Waals surface area contributed by atoms with E-state index in [0.29, 0.717) is 5.11 Å². The molecule has 5 rings (SSSR count). The number of hydrogen-bond donors (Lipinski definition) is 2. The Morgan fingerprint density at radius 1 is 1.00 bits per heavy atom. The molecule has 2 unspecified atom stereocenters. The molecule has 0 saturated carbocycles. The third-order valence-corrected chi connectivity index (χ3v) is 7.18. The zero-order valence-corrected chi connectivity index (χ0v) is 21.5. The number of aromatic carboxylic acids is 1. The van der Waals surface area contributed by atoms with E-state index in [1.54, 1.807) is 18.3 Å². The topological polar surface area (TPSA) is 70.4 Å². The van der Waals surface area contributed by atoms with E-state index in [9.17, 15) is 9.90 Å². The summed E-state index contributed by atoms with van der Waals surface area (Å²) >= 11 is 5.88. The van der Waals surface area contributed by atoms with Crippen LogP contribution in [0.25, 0.3) is 5.69 Å². The van der Waals surface area contributed by atoms with Crippen molar-refractivity contribution in [2.24, 2.45) is 0 Å². The lowest BCUT2D eigenvalue weighted by Gasteiger charge is -2.28. The summed E-state index contributed by atoms with van der Waals surface area (Å²) in [5.41, 5.74) is 8.38. The first-order chi connectivity index (χ1) is 17.3. The van der Waals surface area contributed by atoms with Gasteiger partial charge in [0.15, 0.2) is 5.11 Å². The Kier molecular flexibility index (Phi) is 6.10. The van der Waals surface area contributed by atoms with Gasteiger partial charge in [-0.25, -0.2) is 4.79 Å². The molecule has 4 aromatic rings. The van der Waals surface area contributed by atoms with E-state index in [2.05, 4.69) is 64.8 Å². The van der Waals surface area contributed by atoms with Crippen LogP contribution < -0.4 is 10.2 Å². The van der Waals surface area contributed by atoms with Gasteiger partial charge in [-0.15, -0.1) is 0 Å². The van der Waals surface area contributed by atoms with Crippen molar-refractivity contribution in [3.05, 3.63) is 112 Å². The summed E-state index contributed by atoms with van der Waals surface area (Å²) in [7, 11) is 0.